The number of methoxy groups -OCH3 is 1. The van der Waals surface area contributed by atoms with Gasteiger partial charge in [0.15, 0.2) is 0 Å². The first-order valence-corrected chi connectivity index (χ1v) is 8.55. The van der Waals surface area contributed by atoms with Gasteiger partial charge in [0.05, 0.1) is 24.6 Å². The van der Waals surface area contributed by atoms with Crippen LogP contribution in [0.4, 0.5) is 5.69 Å². The Morgan fingerprint density at radius 2 is 2.12 bits per heavy atom. The molecule has 0 spiro atoms. The molecule has 0 saturated heterocycles. The van der Waals surface area contributed by atoms with E-state index in [0.717, 1.165) is 25.7 Å². The van der Waals surface area contributed by atoms with Gasteiger partial charge in [0.2, 0.25) is 5.91 Å². The molecule has 3 rings (SSSR count). The van der Waals surface area contributed by atoms with E-state index in [2.05, 4.69) is 15.7 Å². The fourth-order valence-electron chi connectivity index (χ4n) is 3.03. The maximum absolute atomic E-state index is 12.3. The standard InChI is InChI=1S/C18H22N4O4/c1-26-14-6-7-15(16(23)8-14)18(25)21-13-9-19-22(10-13)11-17(24)20-12-4-2-3-5-12/h6-10,12,23H,2-5,11H2,1H3,(H,20,24)(H,21,25). The van der Waals surface area contributed by atoms with E-state index in [1.165, 1.54) is 30.1 Å². The molecule has 1 heterocycles. The highest BCUT2D eigenvalue weighted by atomic mass is 16.5. The Kier molecular flexibility index (Phi) is 5.40. The number of aromatic hydroxyl groups is 1. The van der Waals surface area contributed by atoms with Crippen molar-refractivity contribution in [2.45, 2.75) is 38.3 Å². The van der Waals surface area contributed by atoms with Crippen LogP contribution in [0.2, 0.25) is 0 Å². The smallest absolute Gasteiger partial charge is 0.259 e. The molecule has 2 amide bonds. The second kappa shape index (κ2) is 7.90. The predicted molar refractivity (Wildman–Crippen MR) is 95.2 cm³/mol. The van der Waals surface area contributed by atoms with Crippen LogP contribution in [-0.4, -0.2) is 39.9 Å². The molecule has 1 saturated carbocycles. The van der Waals surface area contributed by atoms with Gasteiger partial charge in [-0.1, -0.05) is 12.8 Å². The van der Waals surface area contributed by atoms with Crippen LogP contribution < -0.4 is 15.4 Å². The molecule has 1 aromatic carbocycles. The van der Waals surface area contributed by atoms with Crippen LogP contribution in [0.5, 0.6) is 11.5 Å². The summed E-state index contributed by atoms with van der Waals surface area (Å²) in [6, 6.07) is 4.69. The number of anilines is 1. The van der Waals surface area contributed by atoms with Crippen LogP contribution in [0, 0.1) is 0 Å². The molecule has 0 bridgehead atoms. The molecule has 3 N–H and O–H groups in total. The zero-order valence-corrected chi connectivity index (χ0v) is 14.6. The fraction of sp³-hybridized carbons (Fsp3) is 0.389. The minimum Gasteiger partial charge on any atom is -0.507 e. The number of hydrogen-bond donors (Lipinski definition) is 3. The fourth-order valence-corrected chi connectivity index (χ4v) is 3.03. The Morgan fingerprint density at radius 1 is 1.35 bits per heavy atom. The summed E-state index contributed by atoms with van der Waals surface area (Å²) < 4.78 is 6.46. The minimum atomic E-state index is -0.472. The second-order valence-electron chi connectivity index (χ2n) is 6.31. The van der Waals surface area contributed by atoms with E-state index in [0.29, 0.717) is 11.4 Å². The van der Waals surface area contributed by atoms with Gasteiger partial charge >= 0.3 is 0 Å². The van der Waals surface area contributed by atoms with Crippen LogP contribution in [0.3, 0.4) is 0 Å². The van der Waals surface area contributed by atoms with Crippen molar-refractivity contribution in [3.63, 3.8) is 0 Å². The Balaban J connectivity index is 1.57. The molecule has 138 valence electrons. The van der Waals surface area contributed by atoms with E-state index in [1.54, 1.807) is 12.3 Å². The van der Waals surface area contributed by atoms with E-state index >= 15 is 0 Å². The Bertz CT molecular complexity index is 796. The number of phenols is 1. The third-order valence-electron chi connectivity index (χ3n) is 4.37. The minimum absolute atomic E-state index is 0.0920. The van der Waals surface area contributed by atoms with E-state index in [4.69, 9.17) is 4.74 Å². The van der Waals surface area contributed by atoms with Gasteiger partial charge in [0.25, 0.3) is 5.91 Å². The monoisotopic (exact) mass is 358 g/mol. The number of benzene rings is 1. The number of nitrogens with one attached hydrogen (secondary N) is 2. The third-order valence-corrected chi connectivity index (χ3v) is 4.37. The van der Waals surface area contributed by atoms with Crippen molar-refractivity contribution >= 4 is 17.5 Å². The normalized spacial score (nSPS) is 14.2. The van der Waals surface area contributed by atoms with Crippen molar-refractivity contribution in [2.75, 3.05) is 12.4 Å². The summed E-state index contributed by atoms with van der Waals surface area (Å²) in [7, 11) is 1.48. The van der Waals surface area contributed by atoms with Crippen LogP contribution in [0.15, 0.2) is 30.6 Å². The van der Waals surface area contributed by atoms with E-state index in [-0.39, 0.29) is 29.8 Å². The van der Waals surface area contributed by atoms with Gasteiger partial charge in [-0.15, -0.1) is 0 Å². The number of hydrogen-bond acceptors (Lipinski definition) is 5. The van der Waals surface area contributed by atoms with Crippen LogP contribution in [0.1, 0.15) is 36.0 Å². The zero-order valence-electron chi connectivity index (χ0n) is 14.6. The molecule has 1 aliphatic rings. The number of carbonyl (C=O) groups is 2. The molecule has 0 radical (unpaired) electrons. The van der Waals surface area contributed by atoms with Gasteiger partial charge in [-0.3, -0.25) is 14.3 Å². The van der Waals surface area contributed by atoms with Crippen molar-refractivity contribution in [2.24, 2.45) is 0 Å². The number of aromatic nitrogens is 2. The first-order chi connectivity index (χ1) is 12.5. The molecule has 8 nitrogen and oxygen atoms in total. The van der Waals surface area contributed by atoms with Gasteiger partial charge in [-0.25, -0.2) is 0 Å². The lowest BCUT2D eigenvalue weighted by Crippen LogP contribution is -2.35. The van der Waals surface area contributed by atoms with Gasteiger partial charge < -0.3 is 20.5 Å². The summed E-state index contributed by atoms with van der Waals surface area (Å²) in [4.78, 5) is 24.3. The summed E-state index contributed by atoms with van der Waals surface area (Å²) in [6.45, 7) is 0.0974. The lowest BCUT2D eigenvalue weighted by Gasteiger charge is -2.11. The topological polar surface area (TPSA) is 105 Å². The lowest BCUT2D eigenvalue weighted by molar-refractivity contribution is -0.122. The first-order valence-electron chi connectivity index (χ1n) is 8.55. The molecule has 8 heteroatoms. The van der Waals surface area contributed by atoms with Crippen molar-refractivity contribution in [3.8, 4) is 11.5 Å². The maximum Gasteiger partial charge on any atom is 0.259 e. The molecule has 0 aliphatic heterocycles. The number of rotatable bonds is 6. The number of amides is 2. The van der Waals surface area contributed by atoms with Gasteiger partial charge in [0.1, 0.15) is 18.0 Å². The molecular weight excluding hydrogens is 336 g/mol. The van der Waals surface area contributed by atoms with Crippen LogP contribution >= 0.6 is 0 Å². The summed E-state index contributed by atoms with van der Waals surface area (Å²) in [5, 5.41) is 19.6. The van der Waals surface area contributed by atoms with Crippen LogP contribution in [-0.2, 0) is 11.3 Å². The maximum atomic E-state index is 12.3. The molecule has 0 unspecified atom stereocenters. The SMILES string of the molecule is COc1ccc(C(=O)Nc2cnn(CC(=O)NC3CCCC3)c2)c(O)c1. The van der Waals surface area contributed by atoms with Crippen molar-refractivity contribution in [3.05, 3.63) is 36.2 Å². The number of phenolic OH excluding ortho intramolecular Hbond substituents is 1. The second-order valence-corrected chi connectivity index (χ2v) is 6.31. The average molecular weight is 358 g/mol. The van der Waals surface area contributed by atoms with Crippen molar-refractivity contribution < 1.29 is 19.4 Å². The summed E-state index contributed by atoms with van der Waals surface area (Å²) in [6.07, 6.45) is 7.39. The number of carbonyl (C=O) groups excluding carboxylic acids is 2. The molecule has 26 heavy (non-hydrogen) atoms. The Hall–Kier alpha value is -3.03. The summed E-state index contributed by atoms with van der Waals surface area (Å²) >= 11 is 0. The lowest BCUT2D eigenvalue weighted by atomic mass is 10.2. The summed E-state index contributed by atoms with van der Waals surface area (Å²) in [5.74, 6) is -0.281. The Labute approximate surface area is 151 Å². The zero-order chi connectivity index (χ0) is 18.5. The quantitative estimate of drug-likeness (QED) is 0.731. The van der Waals surface area contributed by atoms with E-state index < -0.39 is 5.91 Å². The highest BCUT2D eigenvalue weighted by molar-refractivity contribution is 6.06. The van der Waals surface area contributed by atoms with E-state index in [9.17, 15) is 14.7 Å². The Morgan fingerprint density at radius 3 is 2.81 bits per heavy atom. The average Bonchev–Trinajstić information content (AvgIpc) is 3.26. The third kappa shape index (κ3) is 4.33. The molecule has 1 aromatic heterocycles. The van der Waals surface area contributed by atoms with Crippen molar-refractivity contribution in [1.29, 1.82) is 0 Å². The van der Waals surface area contributed by atoms with Gasteiger partial charge in [0, 0.05) is 18.3 Å². The predicted octanol–water partition coefficient (Wildman–Crippen LogP) is 1.91. The van der Waals surface area contributed by atoms with Gasteiger partial charge in [-0.05, 0) is 25.0 Å². The van der Waals surface area contributed by atoms with Crippen molar-refractivity contribution in [1.82, 2.24) is 15.1 Å². The molecular formula is C18H22N4O4. The highest BCUT2D eigenvalue weighted by Gasteiger charge is 2.18. The molecule has 0 atom stereocenters. The number of ether oxygens (including phenoxy) is 1. The molecule has 2 aromatic rings. The van der Waals surface area contributed by atoms with E-state index in [1.807, 2.05) is 0 Å². The largest absolute Gasteiger partial charge is 0.507 e. The number of nitrogens with zero attached hydrogens (tertiary/aromatic N) is 2. The molecule has 1 aliphatic carbocycles. The first kappa shape index (κ1) is 17.8. The van der Waals surface area contributed by atoms with Gasteiger partial charge in [-0.2, -0.15) is 5.10 Å². The molecule has 1 fully saturated rings. The highest BCUT2D eigenvalue weighted by Crippen LogP contribution is 2.24. The summed E-state index contributed by atoms with van der Waals surface area (Å²) in [5.41, 5.74) is 0.566. The van der Waals surface area contributed by atoms with Crippen LogP contribution in [0.25, 0.3) is 0 Å².